The van der Waals surface area contributed by atoms with Crippen LogP contribution in [0, 0.1) is 46.8 Å². The van der Waals surface area contributed by atoms with Gasteiger partial charge in [0.25, 0.3) is 0 Å². The lowest BCUT2D eigenvalue weighted by Gasteiger charge is -2.58. The maximum atomic E-state index is 11.9. The second-order valence-corrected chi connectivity index (χ2v) is 10.3. The van der Waals surface area contributed by atoms with Gasteiger partial charge in [-0.1, -0.05) is 19.4 Å². The third-order valence-corrected chi connectivity index (χ3v) is 9.17. The summed E-state index contributed by atoms with van der Waals surface area (Å²) in [6.07, 6.45) is 9.13. The van der Waals surface area contributed by atoms with Gasteiger partial charge in [0.1, 0.15) is 0 Å². The Morgan fingerprint density at radius 2 is 2.11 bits per heavy atom. The number of ether oxygens (including phenoxy) is 1. The Morgan fingerprint density at radius 3 is 2.86 bits per heavy atom. The van der Waals surface area contributed by atoms with E-state index in [2.05, 4.69) is 18.6 Å². The third-order valence-electron chi connectivity index (χ3n) is 9.17. The first-order valence-electron chi connectivity index (χ1n) is 10.8. The first-order chi connectivity index (χ1) is 13.3. The van der Waals surface area contributed by atoms with Crippen molar-refractivity contribution in [3.05, 3.63) is 24.0 Å². The Kier molecular flexibility index (Phi) is 3.91. The minimum absolute atomic E-state index is 0.215. The van der Waals surface area contributed by atoms with E-state index in [9.17, 15) is 14.7 Å². The first kappa shape index (κ1) is 18.4. The van der Waals surface area contributed by atoms with E-state index < -0.39 is 11.8 Å². The van der Waals surface area contributed by atoms with Crippen LogP contribution in [0.3, 0.4) is 0 Å². The van der Waals surface area contributed by atoms with Gasteiger partial charge in [0.05, 0.1) is 11.9 Å². The third kappa shape index (κ3) is 2.35. The van der Waals surface area contributed by atoms with E-state index in [0.717, 1.165) is 32.1 Å². The zero-order valence-corrected chi connectivity index (χ0v) is 16.6. The molecule has 5 aliphatic carbocycles. The van der Waals surface area contributed by atoms with Crippen molar-refractivity contribution >= 4 is 11.9 Å². The lowest BCUT2D eigenvalue weighted by Crippen LogP contribution is -2.56. The average molecular weight is 386 g/mol. The molecule has 0 bridgehead atoms. The molecule has 0 radical (unpaired) electrons. The summed E-state index contributed by atoms with van der Waals surface area (Å²) in [4.78, 5) is 22.7. The lowest BCUT2D eigenvalue weighted by atomic mass is 9.47. The molecule has 0 spiro atoms. The molecule has 152 valence electrons. The lowest BCUT2D eigenvalue weighted by molar-refractivity contribution is -0.126. The standard InChI is InChI=1S/C23H30O5/c1-12-9-13-10-14(24)3-4-15(13)16-5-6-22(2)20(19(12)16)17-11-18(17)23(22,27)7-8-28-21(25)26/h7-8,10,12,15-20,27H,3-6,9,11H2,1-2H3,(H,25,26)/b8-7-/t12-,15+,16-,17-,18+,19-,20+,22+,23+/m1/s1. The predicted octanol–water partition coefficient (Wildman–Crippen LogP) is 4.17. The molecule has 5 rings (SSSR count). The molecule has 5 heteroatoms. The van der Waals surface area contributed by atoms with Crippen LogP contribution in [0.1, 0.15) is 52.4 Å². The fourth-order valence-corrected chi connectivity index (χ4v) is 8.11. The van der Waals surface area contributed by atoms with E-state index in [1.54, 1.807) is 6.08 Å². The van der Waals surface area contributed by atoms with E-state index in [1.807, 2.05) is 6.08 Å². The Morgan fingerprint density at radius 1 is 1.32 bits per heavy atom. The van der Waals surface area contributed by atoms with Crippen LogP contribution in [0.15, 0.2) is 24.0 Å². The van der Waals surface area contributed by atoms with Crippen molar-refractivity contribution in [2.75, 3.05) is 0 Å². The average Bonchev–Trinajstić information content (AvgIpc) is 3.38. The summed E-state index contributed by atoms with van der Waals surface area (Å²) in [7, 11) is 0. The molecule has 2 N–H and O–H groups in total. The summed E-state index contributed by atoms with van der Waals surface area (Å²) in [5.74, 6) is 3.74. The number of allylic oxidation sites excluding steroid dienone is 1. The molecule has 0 aromatic carbocycles. The Bertz CT molecular complexity index is 784. The van der Waals surface area contributed by atoms with Crippen LogP contribution in [0.5, 0.6) is 0 Å². The van der Waals surface area contributed by atoms with Crippen LogP contribution in [-0.4, -0.2) is 27.8 Å². The molecule has 4 fully saturated rings. The zero-order chi connectivity index (χ0) is 19.8. The Labute approximate surface area is 165 Å². The number of fused-ring (bicyclic) bond motifs is 7. The molecule has 0 aromatic rings. The fourth-order valence-electron chi connectivity index (χ4n) is 8.11. The Hall–Kier alpha value is -1.62. The number of hydrogen-bond donors (Lipinski definition) is 2. The summed E-state index contributed by atoms with van der Waals surface area (Å²) >= 11 is 0. The SMILES string of the molecule is C[C@@H]1CC2=CC(=O)CC[C@@H]2[C@H]2CC[C@@]3(C)[C@@H]([C@@H]4C[C@@H]4[C@@]3(O)/C=C\OC(=O)O)[C@@H]21. The van der Waals surface area contributed by atoms with Gasteiger partial charge in [-0.05, 0) is 85.7 Å². The van der Waals surface area contributed by atoms with Gasteiger partial charge >= 0.3 is 6.16 Å². The van der Waals surface area contributed by atoms with Crippen LogP contribution in [0.25, 0.3) is 0 Å². The molecule has 0 unspecified atom stereocenters. The topological polar surface area (TPSA) is 83.8 Å². The maximum Gasteiger partial charge on any atom is 0.510 e. The van der Waals surface area contributed by atoms with Gasteiger partial charge in [0.15, 0.2) is 5.78 Å². The summed E-state index contributed by atoms with van der Waals surface area (Å²) < 4.78 is 4.61. The van der Waals surface area contributed by atoms with Gasteiger partial charge in [0, 0.05) is 11.8 Å². The highest BCUT2D eigenvalue weighted by Crippen LogP contribution is 2.76. The van der Waals surface area contributed by atoms with Crippen molar-refractivity contribution in [3.63, 3.8) is 0 Å². The second-order valence-electron chi connectivity index (χ2n) is 10.3. The molecule has 28 heavy (non-hydrogen) atoms. The first-order valence-corrected chi connectivity index (χ1v) is 10.8. The molecule has 0 heterocycles. The molecular formula is C23H30O5. The second kappa shape index (κ2) is 5.94. The number of hydrogen-bond acceptors (Lipinski definition) is 4. The molecule has 4 saturated carbocycles. The molecule has 0 aliphatic heterocycles. The van der Waals surface area contributed by atoms with Gasteiger partial charge in [-0.2, -0.15) is 0 Å². The van der Waals surface area contributed by atoms with Crippen molar-refractivity contribution in [1.82, 2.24) is 0 Å². The Balaban J connectivity index is 1.48. The van der Waals surface area contributed by atoms with E-state index in [1.165, 1.54) is 11.8 Å². The van der Waals surface area contributed by atoms with Crippen LogP contribution in [-0.2, 0) is 9.53 Å². The van der Waals surface area contributed by atoms with Crippen molar-refractivity contribution in [2.24, 2.45) is 46.8 Å². The van der Waals surface area contributed by atoms with Crippen molar-refractivity contribution < 1.29 is 24.5 Å². The normalized spacial score (nSPS) is 51.6. The fraction of sp³-hybridized carbons (Fsp3) is 0.739. The van der Waals surface area contributed by atoms with E-state index in [-0.39, 0.29) is 11.3 Å². The van der Waals surface area contributed by atoms with Crippen molar-refractivity contribution in [1.29, 1.82) is 0 Å². The summed E-state index contributed by atoms with van der Waals surface area (Å²) in [5, 5.41) is 20.5. The molecule has 5 nitrogen and oxygen atoms in total. The number of rotatable bonds is 2. The minimum Gasteiger partial charge on any atom is -0.449 e. The van der Waals surface area contributed by atoms with Crippen molar-refractivity contribution in [2.45, 2.75) is 58.0 Å². The minimum atomic E-state index is -1.34. The van der Waals surface area contributed by atoms with E-state index in [0.29, 0.717) is 47.7 Å². The molecule has 5 aliphatic rings. The highest BCUT2D eigenvalue weighted by atomic mass is 16.7. The predicted molar refractivity (Wildman–Crippen MR) is 102 cm³/mol. The van der Waals surface area contributed by atoms with Crippen LogP contribution in [0.4, 0.5) is 4.79 Å². The van der Waals surface area contributed by atoms with E-state index in [4.69, 9.17) is 5.11 Å². The number of carboxylic acid groups (broad SMARTS) is 1. The quantitative estimate of drug-likeness (QED) is 0.550. The molecular weight excluding hydrogens is 356 g/mol. The summed E-state index contributed by atoms with van der Waals surface area (Å²) in [6.45, 7) is 4.55. The summed E-state index contributed by atoms with van der Waals surface area (Å²) in [6, 6.07) is 0. The van der Waals surface area contributed by atoms with Crippen LogP contribution in [0.2, 0.25) is 0 Å². The van der Waals surface area contributed by atoms with Crippen molar-refractivity contribution in [3.8, 4) is 0 Å². The van der Waals surface area contributed by atoms with E-state index >= 15 is 0 Å². The van der Waals surface area contributed by atoms with Crippen LogP contribution >= 0.6 is 0 Å². The van der Waals surface area contributed by atoms with Gasteiger partial charge in [-0.25, -0.2) is 4.79 Å². The summed E-state index contributed by atoms with van der Waals surface area (Å²) in [5.41, 5.74) is 0.158. The number of ketones is 1. The maximum absolute atomic E-state index is 11.9. The van der Waals surface area contributed by atoms with Crippen LogP contribution < -0.4 is 0 Å². The highest BCUT2D eigenvalue weighted by molar-refractivity contribution is 5.91. The van der Waals surface area contributed by atoms with Gasteiger partial charge in [-0.15, -0.1) is 0 Å². The zero-order valence-electron chi connectivity index (χ0n) is 16.6. The smallest absolute Gasteiger partial charge is 0.449 e. The van der Waals surface area contributed by atoms with Gasteiger partial charge < -0.3 is 14.9 Å². The largest absolute Gasteiger partial charge is 0.510 e. The molecule has 9 atom stereocenters. The van der Waals surface area contributed by atoms with Gasteiger partial charge in [-0.3, -0.25) is 4.79 Å². The highest BCUT2D eigenvalue weighted by Gasteiger charge is 2.75. The molecule has 0 saturated heterocycles. The number of carbonyl (C=O) groups is 2. The number of carbonyl (C=O) groups excluding carboxylic acids is 1. The molecule has 0 amide bonds. The molecule has 0 aromatic heterocycles. The monoisotopic (exact) mass is 386 g/mol. The number of aliphatic hydroxyl groups is 1. The van der Waals surface area contributed by atoms with Gasteiger partial charge in [0.2, 0.25) is 0 Å².